The number of aromatic nitrogens is 2. The second-order valence-corrected chi connectivity index (χ2v) is 5.37. The standard InChI is InChI=1S/C15H12ClN5/c16-10-5-3-4-9(8-10)13-19-14(17)20-15-18-11-6-1-2-7-12(11)21(13)15/h1-8,13H,(H3,17,18,19,20)/p+1/t13-/m1/s1. The lowest BCUT2D eigenvalue weighted by Gasteiger charge is -2.18. The van der Waals surface area contributed by atoms with Crippen molar-refractivity contribution >= 4 is 34.5 Å². The lowest BCUT2D eigenvalue weighted by atomic mass is 10.1. The summed E-state index contributed by atoms with van der Waals surface area (Å²) >= 11 is 6.11. The topological polar surface area (TPSA) is 70.1 Å². The van der Waals surface area contributed by atoms with Crippen LogP contribution in [-0.4, -0.2) is 10.9 Å². The van der Waals surface area contributed by atoms with Crippen LogP contribution in [0.2, 0.25) is 5.02 Å². The highest BCUT2D eigenvalue weighted by Gasteiger charge is 2.30. The van der Waals surface area contributed by atoms with Crippen LogP contribution in [0.15, 0.2) is 53.5 Å². The van der Waals surface area contributed by atoms with E-state index in [1.807, 2.05) is 48.5 Å². The molecule has 1 atom stereocenters. The zero-order valence-corrected chi connectivity index (χ0v) is 11.8. The molecule has 0 saturated carbocycles. The third kappa shape index (κ3) is 1.94. The first-order chi connectivity index (χ1) is 10.2. The summed E-state index contributed by atoms with van der Waals surface area (Å²) in [5.41, 5.74) is 8.98. The van der Waals surface area contributed by atoms with Crippen LogP contribution in [-0.2, 0) is 0 Å². The van der Waals surface area contributed by atoms with Crippen molar-refractivity contribution in [3.8, 4) is 0 Å². The molecule has 0 fully saturated rings. The quantitative estimate of drug-likeness (QED) is 0.604. The zero-order valence-electron chi connectivity index (χ0n) is 11.0. The molecule has 5 nitrogen and oxygen atoms in total. The Balaban J connectivity index is 1.97. The monoisotopic (exact) mass is 298 g/mol. The molecule has 2 heterocycles. The van der Waals surface area contributed by atoms with E-state index in [0.29, 0.717) is 11.0 Å². The molecule has 0 spiro atoms. The van der Waals surface area contributed by atoms with Gasteiger partial charge in [0.05, 0.1) is 0 Å². The van der Waals surface area contributed by atoms with E-state index in [2.05, 4.69) is 19.9 Å². The summed E-state index contributed by atoms with van der Waals surface area (Å²) in [7, 11) is 0. The van der Waals surface area contributed by atoms with Gasteiger partial charge in [-0.2, -0.15) is 4.99 Å². The van der Waals surface area contributed by atoms with Crippen molar-refractivity contribution in [2.24, 2.45) is 10.7 Å². The van der Waals surface area contributed by atoms with Gasteiger partial charge in [0, 0.05) is 10.6 Å². The first-order valence-electron chi connectivity index (χ1n) is 6.60. The molecule has 6 heteroatoms. The molecular weight excluding hydrogens is 286 g/mol. The fourth-order valence-corrected chi connectivity index (χ4v) is 2.88. The summed E-state index contributed by atoms with van der Waals surface area (Å²) < 4.78 is 2.08. The third-order valence-corrected chi connectivity index (χ3v) is 3.79. The highest BCUT2D eigenvalue weighted by atomic mass is 35.5. The fourth-order valence-electron chi connectivity index (χ4n) is 2.68. The molecule has 1 aliphatic rings. The molecule has 4 rings (SSSR count). The number of nitrogens with two attached hydrogens (primary N) is 1. The van der Waals surface area contributed by atoms with E-state index >= 15 is 0 Å². The van der Waals surface area contributed by atoms with Gasteiger partial charge in [-0.3, -0.25) is 0 Å². The molecule has 1 aromatic heterocycles. The smallest absolute Gasteiger partial charge is 0.357 e. The number of para-hydroxylation sites is 2. The van der Waals surface area contributed by atoms with Gasteiger partial charge in [0.25, 0.3) is 5.96 Å². The lowest BCUT2D eigenvalue weighted by Crippen LogP contribution is -2.48. The number of aromatic amines is 1. The number of nitrogens with zero attached hydrogens (tertiary/aromatic N) is 2. The Morgan fingerprint density at radius 3 is 2.86 bits per heavy atom. The molecule has 0 amide bonds. The number of nitrogens with one attached hydrogen (secondary N) is 2. The SMILES string of the molecule is NC1=N[C@@H](c2cccc(Cl)c2)[n+]2c([nH]c3ccccc32)N1. The molecule has 0 radical (unpaired) electrons. The van der Waals surface area contributed by atoms with Crippen LogP contribution in [0.4, 0.5) is 5.95 Å². The van der Waals surface area contributed by atoms with E-state index < -0.39 is 0 Å². The van der Waals surface area contributed by atoms with Crippen LogP contribution < -0.4 is 15.6 Å². The molecule has 4 N–H and O–H groups in total. The Labute approximate surface area is 126 Å². The predicted octanol–water partition coefficient (Wildman–Crippen LogP) is 2.40. The molecule has 0 aliphatic carbocycles. The summed E-state index contributed by atoms with van der Waals surface area (Å²) in [6.07, 6.45) is -0.240. The Kier molecular flexibility index (Phi) is 2.62. The number of halogens is 1. The zero-order chi connectivity index (χ0) is 14.4. The largest absolute Gasteiger partial charge is 0.365 e. The minimum atomic E-state index is -0.240. The van der Waals surface area contributed by atoms with Gasteiger partial charge in [-0.1, -0.05) is 35.9 Å². The molecule has 104 valence electrons. The number of anilines is 1. The van der Waals surface area contributed by atoms with E-state index in [1.165, 1.54) is 0 Å². The number of hydrogen-bond acceptors (Lipinski definition) is 3. The van der Waals surface area contributed by atoms with Crippen molar-refractivity contribution in [2.75, 3.05) is 5.32 Å². The van der Waals surface area contributed by atoms with Crippen molar-refractivity contribution in [1.82, 2.24) is 4.98 Å². The lowest BCUT2D eigenvalue weighted by molar-refractivity contribution is -0.674. The third-order valence-electron chi connectivity index (χ3n) is 3.56. The minimum absolute atomic E-state index is 0.240. The summed E-state index contributed by atoms with van der Waals surface area (Å²) in [5, 5.41) is 3.75. The molecule has 0 saturated heterocycles. The van der Waals surface area contributed by atoms with Gasteiger partial charge < -0.3 is 5.73 Å². The van der Waals surface area contributed by atoms with Gasteiger partial charge in [0.15, 0.2) is 0 Å². The van der Waals surface area contributed by atoms with E-state index in [9.17, 15) is 0 Å². The van der Waals surface area contributed by atoms with Crippen LogP contribution in [0.5, 0.6) is 0 Å². The van der Waals surface area contributed by atoms with Gasteiger partial charge >= 0.3 is 5.95 Å². The van der Waals surface area contributed by atoms with Gasteiger partial charge in [0.2, 0.25) is 6.17 Å². The van der Waals surface area contributed by atoms with E-state index in [-0.39, 0.29) is 6.17 Å². The Morgan fingerprint density at radius 1 is 1.14 bits per heavy atom. The molecule has 21 heavy (non-hydrogen) atoms. The van der Waals surface area contributed by atoms with E-state index in [4.69, 9.17) is 17.3 Å². The Bertz CT molecular complexity index is 867. The van der Waals surface area contributed by atoms with Crippen LogP contribution >= 0.6 is 11.6 Å². The second kappa shape index (κ2) is 4.49. The summed E-state index contributed by atoms with van der Waals surface area (Å²) in [6, 6.07) is 15.7. The van der Waals surface area contributed by atoms with Gasteiger partial charge in [0.1, 0.15) is 11.0 Å². The molecule has 0 bridgehead atoms. The van der Waals surface area contributed by atoms with Crippen LogP contribution in [0, 0.1) is 0 Å². The predicted molar refractivity (Wildman–Crippen MR) is 83.3 cm³/mol. The number of rotatable bonds is 1. The van der Waals surface area contributed by atoms with Crippen LogP contribution in [0.3, 0.4) is 0 Å². The van der Waals surface area contributed by atoms with Crippen LogP contribution in [0.25, 0.3) is 11.0 Å². The molecule has 2 aromatic carbocycles. The van der Waals surface area contributed by atoms with E-state index in [1.54, 1.807) is 0 Å². The fraction of sp³-hybridized carbons (Fsp3) is 0.0667. The first-order valence-corrected chi connectivity index (χ1v) is 6.98. The maximum atomic E-state index is 6.11. The number of fused-ring (bicyclic) bond motifs is 3. The van der Waals surface area contributed by atoms with Gasteiger partial charge in [-0.15, -0.1) is 0 Å². The Hall–Kier alpha value is -2.53. The van der Waals surface area contributed by atoms with E-state index in [0.717, 1.165) is 22.5 Å². The Morgan fingerprint density at radius 2 is 2.00 bits per heavy atom. The second-order valence-electron chi connectivity index (χ2n) is 4.93. The number of imidazole rings is 1. The number of H-pyrrole nitrogens is 1. The van der Waals surface area contributed by atoms with Crippen molar-refractivity contribution < 1.29 is 4.57 Å². The molecule has 3 aromatic rings. The van der Waals surface area contributed by atoms with Crippen molar-refractivity contribution in [2.45, 2.75) is 6.17 Å². The molecular formula is C15H13ClN5+. The normalized spacial score (nSPS) is 17.2. The maximum Gasteiger partial charge on any atom is 0.365 e. The van der Waals surface area contributed by atoms with Crippen molar-refractivity contribution in [3.05, 3.63) is 59.1 Å². The number of benzene rings is 2. The highest BCUT2D eigenvalue weighted by molar-refractivity contribution is 6.30. The van der Waals surface area contributed by atoms with Crippen molar-refractivity contribution in [1.29, 1.82) is 0 Å². The van der Waals surface area contributed by atoms with Gasteiger partial charge in [-0.25, -0.2) is 14.9 Å². The highest BCUT2D eigenvalue weighted by Crippen LogP contribution is 2.25. The number of aliphatic imine (C=N–C) groups is 1. The summed E-state index contributed by atoms with van der Waals surface area (Å²) in [4.78, 5) is 7.84. The summed E-state index contributed by atoms with van der Waals surface area (Å²) in [6.45, 7) is 0. The van der Waals surface area contributed by atoms with Crippen LogP contribution in [0.1, 0.15) is 11.7 Å². The summed E-state index contributed by atoms with van der Waals surface area (Å²) in [5.74, 6) is 1.19. The number of hydrogen-bond donors (Lipinski definition) is 3. The molecule has 1 aliphatic heterocycles. The number of guanidine groups is 1. The average molecular weight is 299 g/mol. The van der Waals surface area contributed by atoms with Gasteiger partial charge in [-0.05, 0) is 24.3 Å². The average Bonchev–Trinajstić information content (AvgIpc) is 2.84. The minimum Gasteiger partial charge on any atom is -0.357 e. The first kappa shape index (κ1) is 12.2. The molecule has 0 unspecified atom stereocenters. The maximum absolute atomic E-state index is 6.11. The van der Waals surface area contributed by atoms with Crippen molar-refractivity contribution in [3.63, 3.8) is 0 Å².